The van der Waals surface area contributed by atoms with Gasteiger partial charge in [0, 0.05) is 0 Å². The summed E-state index contributed by atoms with van der Waals surface area (Å²) in [5, 5.41) is 13.1. The Kier molecular flexibility index (Phi) is 7.14. The largest absolute Gasteiger partial charge is 0.405 e. The third-order valence-corrected chi connectivity index (χ3v) is 12.4. The van der Waals surface area contributed by atoms with Crippen molar-refractivity contribution < 1.29 is 23.7 Å². The first kappa shape index (κ1) is 24.9. The molecular formula is C26H36O5SSi. The molecule has 5 atom stereocenters. The molecule has 0 radical (unpaired) electrons. The van der Waals surface area contributed by atoms with Gasteiger partial charge in [-0.2, -0.15) is 0 Å². The highest BCUT2D eigenvalue weighted by Crippen LogP contribution is 2.41. The zero-order chi connectivity index (χ0) is 23.9. The van der Waals surface area contributed by atoms with Gasteiger partial charge >= 0.3 is 0 Å². The molecule has 2 unspecified atom stereocenters. The van der Waals surface area contributed by atoms with E-state index < -0.39 is 37.9 Å². The topological polar surface area (TPSA) is 57.2 Å². The minimum atomic E-state index is -2.71. The highest BCUT2D eigenvalue weighted by molar-refractivity contribution is 7.99. The maximum atomic E-state index is 10.8. The fraction of sp³-hybridized carbons (Fsp3) is 0.538. The minimum absolute atomic E-state index is 0.130. The van der Waals surface area contributed by atoms with Crippen LogP contribution in [0.25, 0.3) is 0 Å². The van der Waals surface area contributed by atoms with Gasteiger partial charge in [0.1, 0.15) is 29.9 Å². The lowest BCUT2D eigenvalue weighted by Gasteiger charge is -2.45. The number of aliphatic hydroxyl groups excluding tert-OH is 1. The molecule has 1 N–H and O–H groups in total. The first-order valence-electron chi connectivity index (χ1n) is 11.6. The molecule has 0 aliphatic carbocycles. The van der Waals surface area contributed by atoms with Gasteiger partial charge in [0.25, 0.3) is 8.32 Å². The van der Waals surface area contributed by atoms with Crippen LogP contribution in [0.1, 0.15) is 34.6 Å². The highest BCUT2D eigenvalue weighted by Gasteiger charge is 2.56. The van der Waals surface area contributed by atoms with Gasteiger partial charge in [0.2, 0.25) is 0 Å². The molecule has 2 aliphatic rings. The smallest absolute Gasteiger partial charge is 0.261 e. The lowest BCUT2D eigenvalue weighted by molar-refractivity contribution is -0.166. The Morgan fingerprint density at radius 3 is 1.94 bits per heavy atom. The number of aliphatic hydroxyl groups is 1. The van der Waals surface area contributed by atoms with Crippen LogP contribution in [0.5, 0.6) is 0 Å². The third kappa shape index (κ3) is 4.69. The van der Waals surface area contributed by atoms with Crippen LogP contribution in [0.3, 0.4) is 0 Å². The zero-order valence-corrected chi connectivity index (χ0v) is 22.2. The van der Waals surface area contributed by atoms with Crippen molar-refractivity contribution >= 4 is 30.5 Å². The maximum absolute atomic E-state index is 10.8. The molecule has 2 heterocycles. The highest BCUT2D eigenvalue weighted by atomic mass is 32.2. The second kappa shape index (κ2) is 9.45. The van der Waals surface area contributed by atoms with Crippen LogP contribution >= 0.6 is 11.8 Å². The average Bonchev–Trinajstić information content (AvgIpc) is 3.12. The van der Waals surface area contributed by atoms with Gasteiger partial charge in [-0.15, -0.1) is 11.8 Å². The fourth-order valence-corrected chi connectivity index (χ4v) is 10.4. The zero-order valence-electron chi connectivity index (χ0n) is 20.4. The number of fused-ring (bicyclic) bond motifs is 1. The number of hydrogen-bond donors (Lipinski definition) is 1. The summed E-state index contributed by atoms with van der Waals surface area (Å²) in [6, 6.07) is 21.1. The van der Waals surface area contributed by atoms with Crippen LogP contribution in [-0.4, -0.2) is 61.9 Å². The van der Waals surface area contributed by atoms with Crippen molar-refractivity contribution in [3.8, 4) is 0 Å². The van der Waals surface area contributed by atoms with Crippen LogP contribution in [0, 0.1) is 0 Å². The van der Waals surface area contributed by atoms with Gasteiger partial charge in [0.15, 0.2) is 5.79 Å². The number of rotatable bonds is 6. The van der Waals surface area contributed by atoms with E-state index in [0.29, 0.717) is 6.61 Å². The Hall–Kier alpha value is -1.19. The van der Waals surface area contributed by atoms with E-state index in [4.69, 9.17) is 18.6 Å². The molecule has 0 bridgehead atoms. The minimum Gasteiger partial charge on any atom is -0.405 e. The first-order chi connectivity index (χ1) is 15.6. The second-order valence-electron chi connectivity index (χ2n) is 10.3. The summed E-state index contributed by atoms with van der Waals surface area (Å²) in [5.74, 6) is -0.775. The summed E-state index contributed by atoms with van der Waals surface area (Å²) in [4.78, 5) is 0. The van der Waals surface area contributed by atoms with Crippen molar-refractivity contribution in [3.05, 3.63) is 60.7 Å². The molecule has 33 heavy (non-hydrogen) atoms. The predicted molar refractivity (Wildman–Crippen MR) is 136 cm³/mol. The lowest BCUT2D eigenvalue weighted by Crippen LogP contribution is -2.68. The molecule has 2 aromatic carbocycles. The van der Waals surface area contributed by atoms with Gasteiger partial charge in [-0.05, 0) is 35.5 Å². The van der Waals surface area contributed by atoms with Crippen LogP contribution in [0.2, 0.25) is 5.04 Å². The lowest BCUT2D eigenvalue weighted by atomic mass is 10.0. The van der Waals surface area contributed by atoms with Crippen LogP contribution in [-0.2, 0) is 18.6 Å². The van der Waals surface area contributed by atoms with E-state index in [1.807, 2.05) is 32.2 Å². The Morgan fingerprint density at radius 2 is 1.45 bits per heavy atom. The van der Waals surface area contributed by atoms with E-state index >= 15 is 0 Å². The van der Waals surface area contributed by atoms with E-state index in [2.05, 4.69) is 69.3 Å². The number of thioether (sulfide) groups is 1. The summed E-state index contributed by atoms with van der Waals surface area (Å²) in [6.45, 7) is 10.9. The molecule has 2 fully saturated rings. The molecule has 5 nitrogen and oxygen atoms in total. The molecular weight excluding hydrogens is 452 g/mol. The Morgan fingerprint density at radius 1 is 0.939 bits per heavy atom. The number of ether oxygens (including phenoxy) is 3. The van der Waals surface area contributed by atoms with Crippen molar-refractivity contribution in [3.63, 3.8) is 0 Å². The van der Waals surface area contributed by atoms with E-state index in [1.54, 1.807) is 0 Å². The fourth-order valence-electron chi connectivity index (χ4n) is 5.15. The van der Waals surface area contributed by atoms with Crippen molar-refractivity contribution in [1.29, 1.82) is 0 Å². The van der Waals surface area contributed by atoms with Crippen molar-refractivity contribution in [2.45, 2.75) is 75.3 Å². The van der Waals surface area contributed by atoms with Crippen LogP contribution in [0.4, 0.5) is 0 Å². The summed E-state index contributed by atoms with van der Waals surface area (Å²) in [5.41, 5.74) is -0.392. The van der Waals surface area contributed by atoms with Gasteiger partial charge < -0.3 is 23.7 Å². The van der Waals surface area contributed by atoms with E-state index in [9.17, 15) is 5.11 Å². The summed E-state index contributed by atoms with van der Waals surface area (Å²) in [6.07, 6.45) is 0.000566. The normalized spacial score (nSPS) is 29.6. The molecule has 2 saturated heterocycles. The third-order valence-electron chi connectivity index (χ3n) is 6.57. The standard InChI is InChI=1S/C26H36O5SSi/c1-25(2,3)33(18-13-9-7-10-14-18,19-15-11-8-12-16-19)28-17-20-22-23(31-26(4,5)30-22)21(27)24(29-20)32-6/h7-16,20-24,27H,17H2,1-6H3/t20?,21-,22+,23-,24?/m1/s1. The molecule has 4 rings (SSSR count). The number of hydrogen-bond acceptors (Lipinski definition) is 6. The molecule has 7 heteroatoms. The summed E-state index contributed by atoms with van der Waals surface area (Å²) < 4.78 is 25.7. The van der Waals surface area contributed by atoms with Gasteiger partial charge in [0.05, 0.1) is 6.61 Å². The van der Waals surface area contributed by atoms with Crippen molar-refractivity contribution in [1.82, 2.24) is 0 Å². The molecule has 0 saturated carbocycles. The molecule has 2 aromatic rings. The molecule has 0 aromatic heterocycles. The van der Waals surface area contributed by atoms with Gasteiger partial charge in [-0.3, -0.25) is 0 Å². The molecule has 2 aliphatic heterocycles. The monoisotopic (exact) mass is 488 g/mol. The van der Waals surface area contributed by atoms with E-state index in [-0.39, 0.29) is 11.1 Å². The first-order valence-corrected chi connectivity index (χ1v) is 14.8. The van der Waals surface area contributed by atoms with Crippen LogP contribution in [0.15, 0.2) is 60.7 Å². The Balaban J connectivity index is 1.71. The summed E-state index contributed by atoms with van der Waals surface area (Å²) in [7, 11) is -2.71. The van der Waals surface area contributed by atoms with Crippen LogP contribution < -0.4 is 10.4 Å². The number of benzene rings is 2. The predicted octanol–water partition coefficient (Wildman–Crippen LogP) is 3.53. The maximum Gasteiger partial charge on any atom is 0.261 e. The van der Waals surface area contributed by atoms with Crippen molar-refractivity contribution in [2.24, 2.45) is 0 Å². The SMILES string of the molecule is CSC1OC(CO[Si](c2ccccc2)(c2ccccc2)C(C)(C)C)[C@@H]2OC(C)(C)O[C@@H]2[C@H]1O. The molecule has 0 spiro atoms. The van der Waals surface area contributed by atoms with E-state index in [0.717, 1.165) is 0 Å². The quantitative estimate of drug-likeness (QED) is 0.628. The Bertz CT molecular complexity index is 878. The van der Waals surface area contributed by atoms with Crippen molar-refractivity contribution in [2.75, 3.05) is 12.9 Å². The van der Waals surface area contributed by atoms with E-state index in [1.165, 1.54) is 22.1 Å². The molecule has 180 valence electrons. The Labute approximate surface area is 202 Å². The van der Waals surface area contributed by atoms with Gasteiger partial charge in [-0.25, -0.2) is 0 Å². The summed E-state index contributed by atoms with van der Waals surface area (Å²) >= 11 is 1.49. The average molecular weight is 489 g/mol. The second-order valence-corrected chi connectivity index (χ2v) is 15.5. The molecule has 0 amide bonds. The van der Waals surface area contributed by atoms with Gasteiger partial charge in [-0.1, -0.05) is 81.4 Å².